The molecule has 2 aliphatic rings. The van der Waals surface area contributed by atoms with Crippen LogP contribution in [0.5, 0.6) is 0 Å². The number of piperidine rings is 1. The van der Waals surface area contributed by atoms with E-state index in [4.69, 9.17) is 4.74 Å². The molecule has 0 unspecified atom stereocenters. The van der Waals surface area contributed by atoms with Gasteiger partial charge < -0.3 is 15.0 Å². The summed E-state index contributed by atoms with van der Waals surface area (Å²) in [4.78, 5) is 27.1. The van der Waals surface area contributed by atoms with E-state index >= 15 is 0 Å². The molecule has 1 saturated heterocycles. The molecule has 3 aromatic rings. The van der Waals surface area contributed by atoms with Gasteiger partial charge in [-0.05, 0) is 61.6 Å². The maximum absolute atomic E-state index is 12.7. The highest BCUT2D eigenvalue weighted by molar-refractivity contribution is 6.02. The molecule has 9 nitrogen and oxygen atoms in total. The van der Waals surface area contributed by atoms with Gasteiger partial charge in [-0.2, -0.15) is 9.78 Å². The highest BCUT2D eigenvalue weighted by atomic mass is 16.5. The Kier molecular flexibility index (Phi) is 5.30. The van der Waals surface area contributed by atoms with Gasteiger partial charge in [-0.1, -0.05) is 6.07 Å². The van der Waals surface area contributed by atoms with Crippen molar-refractivity contribution in [1.29, 1.82) is 0 Å². The number of rotatable bonds is 3. The minimum atomic E-state index is -0.584. The van der Waals surface area contributed by atoms with Gasteiger partial charge in [0.2, 0.25) is 0 Å². The summed E-state index contributed by atoms with van der Waals surface area (Å²) >= 11 is 0. The maximum atomic E-state index is 12.7. The van der Waals surface area contributed by atoms with Crippen molar-refractivity contribution in [2.24, 2.45) is 0 Å². The fourth-order valence-corrected chi connectivity index (χ4v) is 4.52. The van der Waals surface area contributed by atoms with Crippen molar-refractivity contribution in [3.05, 3.63) is 48.2 Å². The Morgan fingerprint density at radius 2 is 1.91 bits per heavy atom. The summed E-state index contributed by atoms with van der Waals surface area (Å²) in [6.45, 7) is 2.94. The second-order valence-electron chi connectivity index (χ2n) is 8.09. The van der Waals surface area contributed by atoms with Gasteiger partial charge in [0, 0.05) is 30.7 Å². The average Bonchev–Trinajstić information content (AvgIpc) is 3.44. The number of anilines is 3. The Labute approximate surface area is 185 Å². The zero-order valence-electron chi connectivity index (χ0n) is 18.0. The first-order valence-corrected chi connectivity index (χ1v) is 10.9. The highest BCUT2D eigenvalue weighted by Gasteiger charge is 2.23. The molecule has 0 atom stereocenters. The lowest BCUT2D eigenvalue weighted by Crippen LogP contribution is -2.43. The minimum Gasteiger partial charge on any atom is -0.451 e. The molecule has 1 aromatic heterocycles. The number of nitrogens with one attached hydrogen (secondary N) is 2. The molecule has 0 aliphatic carbocycles. The van der Waals surface area contributed by atoms with Gasteiger partial charge >= 0.3 is 12.1 Å². The number of hydrogen-bond acceptors (Lipinski definition) is 6. The molecule has 2 aliphatic heterocycles. The summed E-state index contributed by atoms with van der Waals surface area (Å²) in [5, 5.41) is 9.47. The Bertz CT molecular complexity index is 1170. The number of urea groups is 1. The molecule has 2 N–H and O–H groups in total. The van der Waals surface area contributed by atoms with Gasteiger partial charge in [-0.25, -0.2) is 15.0 Å². The normalized spacial score (nSPS) is 15.5. The Morgan fingerprint density at radius 1 is 1.06 bits per heavy atom. The number of carbonyl (C=O) groups excluding carboxylic acids is 2. The largest absolute Gasteiger partial charge is 0.451 e. The van der Waals surface area contributed by atoms with Crippen molar-refractivity contribution in [2.75, 3.05) is 42.0 Å². The predicted molar refractivity (Wildman–Crippen MR) is 123 cm³/mol. The van der Waals surface area contributed by atoms with Gasteiger partial charge in [0.15, 0.2) is 0 Å². The van der Waals surface area contributed by atoms with Crippen LogP contribution in [-0.2, 0) is 11.2 Å². The number of benzene rings is 2. The van der Waals surface area contributed by atoms with Crippen LogP contribution in [0.1, 0.15) is 24.8 Å². The number of nitrogens with zero attached hydrogens (tertiary/aromatic N) is 4. The van der Waals surface area contributed by atoms with Gasteiger partial charge in [-0.3, -0.25) is 5.01 Å². The number of methoxy groups -OCH3 is 1. The van der Waals surface area contributed by atoms with Crippen LogP contribution in [-0.4, -0.2) is 48.6 Å². The molecule has 5 rings (SSSR count). The number of carbonyl (C=O) groups is 2. The summed E-state index contributed by atoms with van der Waals surface area (Å²) < 4.78 is 5.91. The fourth-order valence-electron chi connectivity index (χ4n) is 4.52. The van der Waals surface area contributed by atoms with Crippen LogP contribution in [0.3, 0.4) is 0 Å². The van der Waals surface area contributed by atoms with Crippen LogP contribution in [0.2, 0.25) is 0 Å². The molecular formula is C23H26N6O3. The Hall–Kier alpha value is -3.75. The van der Waals surface area contributed by atoms with Crippen molar-refractivity contribution in [3.63, 3.8) is 0 Å². The lowest BCUT2D eigenvalue weighted by molar-refractivity contribution is 0.170. The van der Waals surface area contributed by atoms with Crippen LogP contribution >= 0.6 is 0 Å². The zero-order chi connectivity index (χ0) is 22.1. The number of fused-ring (bicyclic) bond motifs is 2. The zero-order valence-corrected chi connectivity index (χ0v) is 18.0. The SMILES string of the molecule is COC(=O)n1ncc2c(NC(=O)NN3CCc4cc(N5CCCCC5)ccc43)cccc21. The molecular weight excluding hydrogens is 408 g/mol. The summed E-state index contributed by atoms with van der Waals surface area (Å²) in [5.41, 5.74) is 7.60. The van der Waals surface area contributed by atoms with Crippen LogP contribution in [0.15, 0.2) is 42.6 Å². The number of aromatic nitrogens is 2. The van der Waals surface area contributed by atoms with E-state index < -0.39 is 6.09 Å². The summed E-state index contributed by atoms with van der Waals surface area (Å²) in [6.07, 6.45) is 5.64. The van der Waals surface area contributed by atoms with Gasteiger partial charge in [0.25, 0.3) is 0 Å². The van der Waals surface area contributed by atoms with Crippen molar-refractivity contribution in [3.8, 4) is 0 Å². The van der Waals surface area contributed by atoms with Crippen LogP contribution in [0.25, 0.3) is 10.9 Å². The van der Waals surface area contributed by atoms with E-state index in [1.165, 1.54) is 43.8 Å². The molecule has 0 bridgehead atoms. The first-order chi connectivity index (χ1) is 15.6. The van der Waals surface area contributed by atoms with E-state index in [-0.39, 0.29) is 6.03 Å². The maximum Gasteiger partial charge on any atom is 0.434 e. The van der Waals surface area contributed by atoms with E-state index in [9.17, 15) is 9.59 Å². The smallest absolute Gasteiger partial charge is 0.434 e. The minimum absolute atomic E-state index is 0.351. The van der Waals surface area contributed by atoms with Gasteiger partial charge in [-0.15, -0.1) is 0 Å². The number of ether oxygens (including phenoxy) is 1. The molecule has 2 aromatic carbocycles. The molecule has 3 heterocycles. The van der Waals surface area contributed by atoms with Crippen molar-refractivity contribution in [1.82, 2.24) is 15.2 Å². The summed E-state index contributed by atoms with van der Waals surface area (Å²) in [6, 6.07) is 11.4. The predicted octanol–water partition coefficient (Wildman–Crippen LogP) is 3.74. The molecule has 1 fully saturated rings. The molecule has 0 spiro atoms. The van der Waals surface area contributed by atoms with E-state index in [0.29, 0.717) is 16.6 Å². The number of hydrazine groups is 1. The lowest BCUT2D eigenvalue weighted by Gasteiger charge is -2.29. The fraction of sp³-hybridized carbons (Fsp3) is 0.348. The third-order valence-corrected chi connectivity index (χ3v) is 6.13. The second kappa shape index (κ2) is 8.41. The quantitative estimate of drug-likeness (QED) is 0.653. The Balaban J connectivity index is 1.29. The monoisotopic (exact) mass is 434 g/mol. The molecule has 32 heavy (non-hydrogen) atoms. The van der Waals surface area contributed by atoms with E-state index in [1.807, 2.05) is 5.01 Å². The summed E-state index contributed by atoms with van der Waals surface area (Å²) in [5.74, 6) is 0. The third-order valence-electron chi connectivity index (χ3n) is 6.13. The molecule has 166 valence electrons. The lowest BCUT2D eigenvalue weighted by atomic mass is 10.1. The van der Waals surface area contributed by atoms with Crippen LogP contribution in [0.4, 0.5) is 26.7 Å². The molecule has 2 amide bonds. The van der Waals surface area contributed by atoms with Crippen molar-refractivity contribution < 1.29 is 14.3 Å². The van der Waals surface area contributed by atoms with Gasteiger partial charge in [0.05, 0.1) is 30.2 Å². The Morgan fingerprint density at radius 3 is 2.72 bits per heavy atom. The molecule has 0 radical (unpaired) electrons. The van der Waals surface area contributed by atoms with Crippen LogP contribution < -0.4 is 20.7 Å². The second-order valence-corrected chi connectivity index (χ2v) is 8.09. The van der Waals surface area contributed by atoms with Crippen molar-refractivity contribution in [2.45, 2.75) is 25.7 Å². The third kappa shape index (κ3) is 3.70. The average molecular weight is 435 g/mol. The molecule has 0 saturated carbocycles. The number of hydrogen-bond donors (Lipinski definition) is 2. The van der Waals surface area contributed by atoms with Crippen molar-refractivity contribution >= 4 is 40.1 Å². The standard InChI is InChI=1S/C23H26N6O3/c1-32-23(31)29-21-7-5-6-19(18(21)15-24-29)25-22(30)26-28-13-10-16-14-17(8-9-20(16)28)27-11-3-2-4-12-27/h5-9,14-15H,2-4,10-13H2,1H3,(H2,25,26,30). The first-order valence-electron chi connectivity index (χ1n) is 10.9. The van der Waals surface area contributed by atoms with Crippen LogP contribution in [0, 0.1) is 0 Å². The number of amides is 2. The summed E-state index contributed by atoms with van der Waals surface area (Å²) in [7, 11) is 1.30. The van der Waals surface area contributed by atoms with E-state index in [1.54, 1.807) is 18.2 Å². The van der Waals surface area contributed by atoms with Gasteiger partial charge in [0.1, 0.15) is 0 Å². The molecule has 9 heteroatoms. The van der Waals surface area contributed by atoms with E-state index in [2.05, 4.69) is 38.9 Å². The van der Waals surface area contributed by atoms with E-state index in [0.717, 1.165) is 36.4 Å². The topological polar surface area (TPSA) is 91.7 Å². The highest BCUT2D eigenvalue weighted by Crippen LogP contribution is 2.32. The first kappa shape index (κ1) is 20.2.